The minimum Gasteiger partial charge on any atom is -0.481 e. The highest BCUT2D eigenvalue weighted by Crippen LogP contribution is 2.67. The number of hydrogen-bond acceptors (Lipinski definition) is 5. The quantitative estimate of drug-likeness (QED) is 0.250. The van der Waals surface area contributed by atoms with Crippen LogP contribution in [-0.2, 0) is 20.9 Å². The standard InChI is InChI=1S/C25H31BrN2O5S/c1-2-11-27(15-16-9-5-3-6-10-16)23(31)21-25-14-17(26)20(34-25)18(24(32)33)19(25)22(30)28(21)12-7-4-8-13-29/h2-3,5-6,9-10,17-21,29H,1,4,7-8,11-15H2,(H,32,33)/t17?,18-,19+,20-,21?,25?/m1/s1. The molecule has 1 spiro atoms. The zero-order valence-corrected chi connectivity index (χ0v) is 21.4. The first-order chi connectivity index (χ1) is 16.4. The number of carboxylic acids is 1. The van der Waals surface area contributed by atoms with Crippen molar-refractivity contribution in [3.05, 3.63) is 48.6 Å². The molecule has 3 aliphatic rings. The van der Waals surface area contributed by atoms with Gasteiger partial charge in [-0.15, -0.1) is 18.3 Å². The molecular weight excluding hydrogens is 520 g/mol. The Morgan fingerprint density at radius 3 is 2.65 bits per heavy atom. The van der Waals surface area contributed by atoms with Crippen LogP contribution < -0.4 is 0 Å². The minimum absolute atomic E-state index is 0.0609. The monoisotopic (exact) mass is 550 g/mol. The molecule has 3 unspecified atom stereocenters. The number of fused-ring (bicyclic) bond motifs is 1. The van der Waals surface area contributed by atoms with Crippen LogP contribution in [0.25, 0.3) is 0 Å². The van der Waals surface area contributed by atoms with Gasteiger partial charge in [0.1, 0.15) is 6.04 Å². The van der Waals surface area contributed by atoms with Crippen LogP contribution in [0.3, 0.4) is 0 Å². The minimum atomic E-state index is -0.970. The van der Waals surface area contributed by atoms with E-state index in [1.165, 1.54) is 11.8 Å². The summed E-state index contributed by atoms with van der Waals surface area (Å²) in [6.07, 6.45) is 4.29. The van der Waals surface area contributed by atoms with Gasteiger partial charge < -0.3 is 20.0 Å². The molecule has 3 saturated heterocycles. The highest BCUT2D eigenvalue weighted by atomic mass is 79.9. The van der Waals surface area contributed by atoms with Crippen LogP contribution >= 0.6 is 27.7 Å². The van der Waals surface area contributed by atoms with Crippen LogP contribution in [0, 0.1) is 11.8 Å². The van der Waals surface area contributed by atoms with E-state index in [1.54, 1.807) is 15.9 Å². The molecule has 7 nitrogen and oxygen atoms in total. The fraction of sp³-hybridized carbons (Fsp3) is 0.560. The van der Waals surface area contributed by atoms with E-state index in [4.69, 9.17) is 5.11 Å². The molecule has 6 atom stereocenters. The average Bonchev–Trinajstić information content (AvgIpc) is 3.40. The normalized spacial score (nSPS) is 31.5. The lowest BCUT2D eigenvalue weighted by Crippen LogP contribution is -2.55. The highest BCUT2D eigenvalue weighted by molar-refractivity contribution is 9.09. The third-order valence-electron chi connectivity index (χ3n) is 7.24. The number of carbonyl (C=O) groups excluding carboxylic acids is 2. The van der Waals surface area contributed by atoms with E-state index in [0.717, 1.165) is 12.0 Å². The van der Waals surface area contributed by atoms with Crippen LogP contribution in [0.5, 0.6) is 0 Å². The number of carbonyl (C=O) groups is 3. The van der Waals surface area contributed by atoms with Crippen LogP contribution in [0.1, 0.15) is 31.2 Å². The molecule has 4 rings (SSSR count). The summed E-state index contributed by atoms with van der Waals surface area (Å²) in [7, 11) is 0. The predicted octanol–water partition coefficient (Wildman–Crippen LogP) is 2.91. The van der Waals surface area contributed by atoms with Gasteiger partial charge in [-0.3, -0.25) is 14.4 Å². The number of likely N-dealkylation sites (tertiary alicyclic amines) is 1. The van der Waals surface area contributed by atoms with Gasteiger partial charge in [0, 0.05) is 36.3 Å². The fourth-order valence-corrected chi connectivity index (χ4v) is 9.47. The van der Waals surface area contributed by atoms with Crippen LogP contribution in [-0.4, -0.2) is 78.4 Å². The Hall–Kier alpha value is -1.84. The molecule has 34 heavy (non-hydrogen) atoms. The molecule has 2 N–H and O–H groups in total. The van der Waals surface area contributed by atoms with Gasteiger partial charge in [0.05, 0.1) is 16.6 Å². The van der Waals surface area contributed by atoms with Crippen LogP contribution in [0.15, 0.2) is 43.0 Å². The molecule has 1 aromatic rings. The van der Waals surface area contributed by atoms with Crippen molar-refractivity contribution in [1.29, 1.82) is 0 Å². The van der Waals surface area contributed by atoms with E-state index < -0.39 is 28.6 Å². The van der Waals surface area contributed by atoms with Crippen molar-refractivity contribution in [2.24, 2.45) is 11.8 Å². The molecule has 0 aromatic heterocycles. The largest absolute Gasteiger partial charge is 0.481 e. The van der Waals surface area contributed by atoms with E-state index >= 15 is 0 Å². The van der Waals surface area contributed by atoms with E-state index in [0.29, 0.717) is 38.9 Å². The lowest BCUT2D eigenvalue weighted by molar-refractivity contribution is -0.148. The number of nitrogens with zero attached hydrogens (tertiary/aromatic N) is 2. The van der Waals surface area contributed by atoms with E-state index in [-0.39, 0.29) is 28.5 Å². The second-order valence-corrected chi connectivity index (χ2v) is 12.0. The smallest absolute Gasteiger partial charge is 0.308 e. The number of thioether (sulfide) groups is 1. The molecule has 9 heteroatoms. The molecule has 3 fully saturated rings. The summed E-state index contributed by atoms with van der Waals surface area (Å²) < 4.78 is -0.761. The lowest BCUT2D eigenvalue weighted by Gasteiger charge is -2.37. The molecule has 2 bridgehead atoms. The van der Waals surface area contributed by atoms with Crippen molar-refractivity contribution in [2.45, 2.75) is 53.1 Å². The van der Waals surface area contributed by atoms with Crippen molar-refractivity contribution in [3.8, 4) is 0 Å². The second-order valence-electron chi connectivity index (χ2n) is 9.31. The number of halogens is 1. The Bertz CT molecular complexity index is 946. The summed E-state index contributed by atoms with van der Waals surface area (Å²) in [5, 5.41) is 18.9. The molecule has 3 aliphatic heterocycles. The van der Waals surface area contributed by atoms with Gasteiger partial charge in [-0.1, -0.05) is 52.3 Å². The number of amides is 2. The lowest BCUT2D eigenvalue weighted by atomic mass is 9.71. The Balaban J connectivity index is 1.69. The van der Waals surface area contributed by atoms with Gasteiger partial charge in [-0.25, -0.2) is 0 Å². The zero-order valence-electron chi connectivity index (χ0n) is 19.0. The van der Waals surface area contributed by atoms with E-state index in [2.05, 4.69) is 22.5 Å². The molecule has 2 amide bonds. The molecule has 0 radical (unpaired) electrons. The second kappa shape index (κ2) is 10.4. The first-order valence-electron chi connectivity index (χ1n) is 11.8. The van der Waals surface area contributed by atoms with Crippen LogP contribution in [0.2, 0.25) is 0 Å². The topological polar surface area (TPSA) is 98.2 Å². The third kappa shape index (κ3) is 4.31. The van der Waals surface area contributed by atoms with Gasteiger partial charge in [0.15, 0.2) is 0 Å². The van der Waals surface area contributed by atoms with Crippen LogP contribution in [0.4, 0.5) is 0 Å². The molecule has 1 aromatic carbocycles. The average molecular weight is 552 g/mol. The molecular formula is C25H31BrN2O5S. The highest BCUT2D eigenvalue weighted by Gasteiger charge is 2.75. The summed E-state index contributed by atoms with van der Waals surface area (Å²) in [4.78, 5) is 43.4. The Morgan fingerprint density at radius 1 is 1.26 bits per heavy atom. The van der Waals surface area contributed by atoms with Gasteiger partial charge in [0.2, 0.25) is 11.8 Å². The van der Waals surface area contributed by atoms with E-state index in [9.17, 15) is 19.5 Å². The zero-order chi connectivity index (χ0) is 24.5. The number of alkyl halides is 1. The summed E-state index contributed by atoms with van der Waals surface area (Å²) in [5.74, 6) is -2.86. The molecule has 3 heterocycles. The maximum absolute atomic E-state index is 14.2. The number of benzene rings is 1. The molecule has 0 aliphatic carbocycles. The first kappa shape index (κ1) is 25.3. The van der Waals surface area contributed by atoms with E-state index in [1.807, 2.05) is 30.3 Å². The number of aliphatic hydroxyl groups excluding tert-OH is 1. The third-order valence-corrected chi connectivity index (χ3v) is 10.5. The van der Waals surface area contributed by atoms with Crippen molar-refractivity contribution in [3.63, 3.8) is 0 Å². The van der Waals surface area contributed by atoms with Crippen molar-refractivity contribution in [1.82, 2.24) is 9.80 Å². The van der Waals surface area contributed by atoms with Gasteiger partial charge in [-0.05, 0) is 31.2 Å². The van der Waals surface area contributed by atoms with Gasteiger partial charge in [0.25, 0.3) is 0 Å². The van der Waals surface area contributed by atoms with Crippen molar-refractivity contribution < 1.29 is 24.6 Å². The van der Waals surface area contributed by atoms with Gasteiger partial charge >= 0.3 is 5.97 Å². The fourth-order valence-electron chi connectivity index (χ4n) is 5.87. The summed E-state index contributed by atoms with van der Waals surface area (Å²) >= 11 is 5.18. The number of rotatable bonds is 11. The maximum atomic E-state index is 14.2. The van der Waals surface area contributed by atoms with Crippen molar-refractivity contribution in [2.75, 3.05) is 19.7 Å². The number of aliphatic carboxylic acids is 1. The predicted molar refractivity (Wildman–Crippen MR) is 135 cm³/mol. The Labute approximate surface area is 212 Å². The summed E-state index contributed by atoms with van der Waals surface area (Å²) in [6, 6.07) is 8.97. The SMILES string of the molecule is C=CCN(Cc1ccccc1)C(=O)C1N(CCCCCO)C(=O)[C@@H]2[C@@H](C(=O)O)[C@@H]3SC12CC3Br. The molecule has 0 saturated carbocycles. The summed E-state index contributed by atoms with van der Waals surface area (Å²) in [6.45, 7) is 5.02. The maximum Gasteiger partial charge on any atom is 0.308 e. The van der Waals surface area contributed by atoms with Crippen molar-refractivity contribution >= 4 is 45.5 Å². The number of aliphatic hydroxyl groups is 1. The van der Waals surface area contributed by atoms with Gasteiger partial charge in [-0.2, -0.15) is 0 Å². The molecule has 184 valence electrons. The Kier molecular flexibility index (Phi) is 7.74. The number of carboxylic acid groups (broad SMARTS) is 1. The number of unbranched alkanes of at least 4 members (excludes halogenated alkanes) is 2. The summed E-state index contributed by atoms with van der Waals surface area (Å²) in [5.41, 5.74) is 0.982. The number of hydrogen-bond donors (Lipinski definition) is 2. The Morgan fingerprint density at radius 2 is 2.00 bits per heavy atom. The first-order valence-corrected chi connectivity index (χ1v) is 13.5.